The van der Waals surface area contributed by atoms with Gasteiger partial charge in [-0.3, -0.25) is 4.79 Å². The monoisotopic (exact) mass is 392 g/mol. The first-order chi connectivity index (χ1) is 9.59. The number of methoxy groups -OCH3 is 1. The van der Waals surface area contributed by atoms with Crippen LogP contribution in [0.4, 0.5) is 0 Å². The summed E-state index contributed by atoms with van der Waals surface area (Å²) in [6, 6.07) is 7.45. The molecule has 22 heavy (non-hydrogen) atoms. The van der Waals surface area contributed by atoms with Crippen molar-refractivity contribution in [1.29, 1.82) is 0 Å². The van der Waals surface area contributed by atoms with E-state index in [0.717, 1.165) is 10.0 Å². The van der Waals surface area contributed by atoms with Crippen LogP contribution < -0.4 is 11.1 Å². The number of carbonyl (C=O) groups excluding carboxylic acids is 1. The highest BCUT2D eigenvalue weighted by atomic mass is 79.9. The molecule has 1 amide bonds. The molecular weight excluding hydrogens is 368 g/mol. The van der Waals surface area contributed by atoms with Crippen molar-refractivity contribution >= 4 is 34.2 Å². The lowest BCUT2D eigenvalue weighted by atomic mass is 9.88. The van der Waals surface area contributed by atoms with E-state index in [1.807, 2.05) is 24.3 Å². The number of hydrogen-bond donors (Lipinski definition) is 2. The molecule has 0 aliphatic carbocycles. The van der Waals surface area contributed by atoms with Gasteiger partial charge in [0.05, 0.1) is 6.10 Å². The lowest BCUT2D eigenvalue weighted by Gasteiger charge is -2.31. The second kappa shape index (κ2) is 8.29. The Morgan fingerprint density at radius 3 is 2.18 bits per heavy atom. The Morgan fingerprint density at radius 2 is 1.77 bits per heavy atom. The Hall–Kier alpha value is -0.620. The Morgan fingerprint density at radius 1 is 1.27 bits per heavy atom. The molecule has 0 aromatic heterocycles. The zero-order valence-corrected chi connectivity index (χ0v) is 16.2. The zero-order valence-electron chi connectivity index (χ0n) is 13.8. The minimum absolute atomic E-state index is 0. The van der Waals surface area contributed by atoms with Crippen LogP contribution in [0.25, 0.3) is 0 Å². The number of halogens is 2. The highest BCUT2D eigenvalue weighted by Crippen LogP contribution is 2.23. The van der Waals surface area contributed by atoms with E-state index in [-0.39, 0.29) is 29.8 Å². The van der Waals surface area contributed by atoms with Crippen LogP contribution >= 0.6 is 28.3 Å². The maximum Gasteiger partial charge on any atom is 0.244 e. The van der Waals surface area contributed by atoms with Gasteiger partial charge in [-0.15, -0.1) is 12.4 Å². The second-order valence-corrected chi connectivity index (χ2v) is 7.43. The quantitative estimate of drug-likeness (QED) is 0.807. The molecule has 1 rings (SSSR count). The van der Waals surface area contributed by atoms with Gasteiger partial charge in [-0.05, 0) is 30.0 Å². The van der Waals surface area contributed by atoms with Gasteiger partial charge in [-0.2, -0.15) is 0 Å². The van der Waals surface area contributed by atoms with Crippen molar-refractivity contribution in [2.75, 3.05) is 13.7 Å². The fraction of sp³-hybridized carbons (Fsp3) is 0.562. The van der Waals surface area contributed by atoms with Crippen LogP contribution in [0, 0.1) is 5.41 Å². The number of amides is 1. The molecule has 1 aromatic rings. The lowest BCUT2D eigenvalue weighted by Crippen LogP contribution is -2.52. The summed E-state index contributed by atoms with van der Waals surface area (Å²) in [6.07, 6.45) is -0.0674. The molecule has 0 spiro atoms. The Bertz CT molecular complexity index is 484. The summed E-state index contributed by atoms with van der Waals surface area (Å²) in [5.41, 5.74) is 5.85. The molecule has 0 fully saturated rings. The van der Waals surface area contributed by atoms with Crippen molar-refractivity contribution in [2.45, 2.75) is 39.3 Å². The summed E-state index contributed by atoms with van der Waals surface area (Å²) in [6.45, 7) is 8.36. The second-order valence-electron chi connectivity index (χ2n) is 6.51. The predicted octanol–water partition coefficient (Wildman–Crippen LogP) is 3.22. The first kappa shape index (κ1) is 21.4. The van der Waals surface area contributed by atoms with Crippen LogP contribution in [0.15, 0.2) is 28.7 Å². The molecule has 0 bridgehead atoms. The molecule has 2 unspecified atom stereocenters. The van der Waals surface area contributed by atoms with Crippen LogP contribution in [-0.2, 0) is 15.1 Å². The van der Waals surface area contributed by atoms with E-state index >= 15 is 0 Å². The SMILES string of the molecule is COC(CNC(=O)C(C)(N)c1ccc(Br)cc1)C(C)(C)C.Cl. The van der Waals surface area contributed by atoms with Gasteiger partial charge < -0.3 is 15.8 Å². The minimum atomic E-state index is -1.07. The maximum absolute atomic E-state index is 12.4. The average molecular weight is 394 g/mol. The summed E-state index contributed by atoms with van der Waals surface area (Å²) < 4.78 is 6.39. The van der Waals surface area contributed by atoms with E-state index in [4.69, 9.17) is 10.5 Å². The summed E-state index contributed by atoms with van der Waals surface area (Å²) in [5.74, 6) is -0.212. The molecule has 2 atom stereocenters. The number of nitrogens with two attached hydrogens (primary N) is 1. The van der Waals surface area contributed by atoms with Crippen molar-refractivity contribution in [1.82, 2.24) is 5.32 Å². The lowest BCUT2D eigenvalue weighted by molar-refractivity contribution is -0.127. The van der Waals surface area contributed by atoms with Crippen molar-refractivity contribution in [2.24, 2.45) is 11.1 Å². The van der Waals surface area contributed by atoms with Crippen LogP contribution in [0.2, 0.25) is 0 Å². The predicted molar refractivity (Wildman–Crippen MR) is 96.2 cm³/mol. The van der Waals surface area contributed by atoms with Gasteiger partial charge in [0.2, 0.25) is 5.91 Å². The first-order valence-electron chi connectivity index (χ1n) is 6.95. The van der Waals surface area contributed by atoms with Gasteiger partial charge in [-0.1, -0.05) is 48.8 Å². The Labute approximate surface area is 147 Å². The molecule has 0 radical (unpaired) electrons. The zero-order chi connectivity index (χ0) is 16.3. The maximum atomic E-state index is 12.4. The molecule has 0 aliphatic rings. The van der Waals surface area contributed by atoms with E-state index in [0.29, 0.717) is 6.54 Å². The van der Waals surface area contributed by atoms with Gasteiger partial charge in [0, 0.05) is 18.1 Å². The third kappa shape index (κ3) is 5.54. The fourth-order valence-electron chi connectivity index (χ4n) is 2.04. The number of carbonyl (C=O) groups is 1. The molecule has 0 aliphatic heterocycles. The number of ether oxygens (including phenoxy) is 1. The molecule has 6 heteroatoms. The van der Waals surface area contributed by atoms with E-state index in [1.165, 1.54) is 0 Å². The van der Waals surface area contributed by atoms with Crippen LogP contribution in [0.3, 0.4) is 0 Å². The van der Waals surface area contributed by atoms with Gasteiger partial charge >= 0.3 is 0 Å². The normalized spacial score (nSPS) is 15.4. The molecule has 126 valence electrons. The molecule has 0 heterocycles. The van der Waals surface area contributed by atoms with Crippen LogP contribution in [0.5, 0.6) is 0 Å². The third-order valence-electron chi connectivity index (χ3n) is 3.61. The van der Waals surface area contributed by atoms with Crippen LogP contribution in [0.1, 0.15) is 33.3 Å². The molecule has 0 saturated carbocycles. The Balaban J connectivity index is 0.00000441. The summed E-state index contributed by atoms with van der Waals surface area (Å²) in [5, 5.41) is 2.89. The van der Waals surface area contributed by atoms with Crippen molar-refractivity contribution < 1.29 is 9.53 Å². The molecule has 4 nitrogen and oxygen atoms in total. The van der Waals surface area contributed by atoms with Gasteiger partial charge in [0.1, 0.15) is 5.54 Å². The largest absolute Gasteiger partial charge is 0.379 e. The van der Waals surface area contributed by atoms with Crippen molar-refractivity contribution in [3.8, 4) is 0 Å². The molecule has 0 saturated heterocycles. The van der Waals surface area contributed by atoms with Gasteiger partial charge in [-0.25, -0.2) is 0 Å². The highest BCUT2D eigenvalue weighted by Gasteiger charge is 2.32. The topological polar surface area (TPSA) is 64.3 Å². The average Bonchev–Trinajstić information content (AvgIpc) is 2.38. The van der Waals surface area contributed by atoms with E-state index < -0.39 is 5.54 Å². The highest BCUT2D eigenvalue weighted by molar-refractivity contribution is 9.10. The van der Waals surface area contributed by atoms with Crippen LogP contribution in [-0.4, -0.2) is 25.7 Å². The number of benzene rings is 1. The van der Waals surface area contributed by atoms with Gasteiger partial charge in [0.25, 0.3) is 0 Å². The van der Waals surface area contributed by atoms with E-state index in [2.05, 4.69) is 42.0 Å². The number of rotatable bonds is 5. The summed E-state index contributed by atoms with van der Waals surface area (Å²) in [7, 11) is 1.65. The van der Waals surface area contributed by atoms with Crippen molar-refractivity contribution in [3.05, 3.63) is 34.3 Å². The summed E-state index contributed by atoms with van der Waals surface area (Å²) in [4.78, 5) is 12.4. The fourth-order valence-corrected chi connectivity index (χ4v) is 2.30. The standard InChI is InChI=1S/C16H25BrN2O2.ClH/c1-15(2,3)13(21-5)10-19-14(20)16(4,18)11-6-8-12(17)9-7-11;/h6-9,13H,10,18H2,1-5H3,(H,19,20);1H. The Kier molecular flexibility index (Phi) is 8.06. The smallest absolute Gasteiger partial charge is 0.244 e. The van der Waals surface area contributed by atoms with Gasteiger partial charge in [0.15, 0.2) is 0 Å². The molecular formula is C16H26BrClN2O2. The molecule has 3 N–H and O–H groups in total. The minimum Gasteiger partial charge on any atom is -0.379 e. The van der Waals surface area contributed by atoms with E-state index in [9.17, 15) is 4.79 Å². The first-order valence-corrected chi connectivity index (χ1v) is 7.74. The van der Waals surface area contributed by atoms with Crippen molar-refractivity contribution in [3.63, 3.8) is 0 Å². The third-order valence-corrected chi connectivity index (χ3v) is 4.14. The number of nitrogens with one attached hydrogen (secondary N) is 1. The number of hydrogen-bond acceptors (Lipinski definition) is 3. The van der Waals surface area contributed by atoms with E-state index in [1.54, 1.807) is 14.0 Å². The summed E-state index contributed by atoms with van der Waals surface area (Å²) >= 11 is 3.37. The molecule has 1 aromatic carbocycles.